The van der Waals surface area contributed by atoms with Crippen molar-refractivity contribution >= 4 is 5.91 Å². The molecule has 5 nitrogen and oxygen atoms in total. The fourth-order valence-corrected chi connectivity index (χ4v) is 2.19. The zero-order chi connectivity index (χ0) is 15.6. The quantitative estimate of drug-likeness (QED) is 0.666. The number of rotatable bonds is 5. The summed E-state index contributed by atoms with van der Waals surface area (Å²) in [6, 6.07) is 5.36. The molecular weight excluding hydrogens is 277 g/mol. The third-order valence-corrected chi connectivity index (χ3v) is 2.91. The molecule has 8 heteroatoms. The van der Waals surface area contributed by atoms with Crippen LogP contribution in [0.5, 0.6) is 0 Å². The first-order chi connectivity index (χ1) is 9.05. The highest BCUT2D eigenvalue weighted by Crippen LogP contribution is 2.38. The van der Waals surface area contributed by atoms with Crippen molar-refractivity contribution in [3.8, 4) is 0 Å². The van der Waals surface area contributed by atoms with Gasteiger partial charge >= 0.3 is 6.18 Å². The average Bonchev–Trinajstić information content (AvgIpc) is 2.25. The van der Waals surface area contributed by atoms with Crippen molar-refractivity contribution in [3.05, 3.63) is 45.5 Å². The van der Waals surface area contributed by atoms with Gasteiger partial charge in [0, 0.05) is 10.5 Å². The maximum Gasteiger partial charge on any atom is 0.390 e. The Morgan fingerprint density at radius 2 is 1.90 bits per heavy atom. The first-order valence-corrected chi connectivity index (χ1v) is 5.63. The second-order valence-corrected chi connectivity index (χ2v) is 4.75. The number of halogens is 3. The molecule has 2 N–H and O–H groups in total. The highest BCUT2D eigenvalue weighted by atomic mass is 19.4. The Labute approximate surface area is 112 Å². The number of alkyl halides is 3. The van der Waals surface area contributed by atoms with E-state index < -0.39 is 35.4 Å². The number of primary amides is 1. The summed E-state index contributed by atoms with van der Waals surface area (Å²) in [6.07, 6.45) is -6.01. The summed E-state index contributed by atoms with van der Waals surface area (Å²) in [7, 11) is 0. The van der Waals surface area contributed by atoms with E-state index in [1.54, 1.807) is 0 Å². The highest BCUT2D eigenvalue weighted by molar-refractivity contribution is 5.94. The molecule has 0 saturated carbocycles. The van der Waals surface area contributed by atoms with Gasteiger partial charge in [0.05, 0.1) is 11.8 Å². The predicted octanol–water partition coefficient (Wildman–Crippen LogP) is 2.27. The lowest BCUT2D eigenvalue weighted by Gasteiger charge is -2.28. The molecule has 1 aromatic rings. The van der Waals surface area contributed by atoms with E-state index in [4.69, 9.17) is 5.73 Å². The number of hydrogen-bond acceptors (Lipinski definition) is 3. The van der Waals surface area contributed by atoms with E-state index in [2.05, 4.69) is 0 Å². The second-order valence-electron chi connectivity index (χ2n) is 4.75. The number of carbonyl (C=O) groups excluding carboxylic acids is 1. The summed E-state index contributed by atoms with van der Waals surface area (Å²) in [4.78, 5) is 21.1. The summed E-state index contributed by atoms with van der Waals surface area (Å²) >= 11 is 0. The van der Waals surface area contributed by atoms with E-state index in [0.717, 1.165) is 6.92 Å². The molecule has 0 aliphatic rings. The van der Waals surface area contributed by atoms with Crippen molar-refractivity contribution in [3.63, 3.8) is 0 Å². The second kappa shape index (κ2) is 5.48. The minimum atomic E-state index is -4.60. The summed E-state index contributed by atoms with van der Waals surface area (Å²) < 4.78 is 38.0. The number of nitrogens with zero attached hydrogens (tertiary/aromatic N) is 1. The van der Waals surface area contributed by atoms with Crippen LogP contribution in [0.25, 0.3) is 0 Å². The van der Waals surface area contributed by atoms with Gasteiger partial charge in [-0.15, -0.1) is 0 Å². The number of nitrogens with two attached hydrogens (primary N) is 1. The Morgan fingerprint density at radius 1 is 1.35 bits per heavy atom. The van der Waals surface area contributed by atoms with Crippen LogP contribution in [-0.4, -0.2) is 23.6 Å². The zero-order valence-electron chi connectivity index (χ0n) is 10.6. The van der Waals surface area contributed by atoms with Crippen molar-refractivity contribution in [2.24, 2.45) is 5.73 Å². The molecule has 1 amide bonds. The van der Waals surface area contributed by atoms with E-state index in [1.165, 1.54) is 24.3 Å². The standard InChI is InChI=1S/C12H13F3N2O3/c1-11(7-17(19)20,6-12(13,14)15)9-5-3-2-4-8(9)10(16)18/h2-5H,6-7H2,1H3,(H2,16,18). The van der Waals surface area contributed by atoms with Gasteiger partial charge in [0.25, 0.3) is 0 Å². The van der Waals surface area contributed by atoms with Crippen molar-refractivity contribution in [2.45, 2.75) is 24.9 Å². The van der Waals surface area contributed by atoms with E-state index in [0.29, 0.717) is 0 Å². The fourth-order valence-electron chi connectivity index (χ4n) is 2.19. The first kappa shape index (κ1) is 15.9. The lowest BCUT2D eigenvalue weighted by molar-refractivity contribution is -0.492. The fraction of sp³-hybridized carbons (Fsp3) is 0.417. The van der Waals surface area contributed by atoms with E-state index in [9.17, 15) is 28.1 Å². The van der Waals surface area contributed by atoms with Crippen LogP contribution in [0.15, 0.2) is 24.3 Å². The Morgan fingerprint density at radius 3 is 2.35 bits per heavy atom. The van der Waals surface area contributed by atoms with Gasteiger partial charge in [0.15, 0.2) is 0 Å². The number of benzene rings is 1. The van der Waals surface area contributed by atoms with Crippen LogP contribution in [0.4, 0.5) is 13.2 Å². The van der Waals surface area contributed by atoms with Crippen molar-refractivity contribution < 1.29 is 22.9 Å². The topological polar surface area (TPSA) is 86.2 Å². The molecule has 0 heterocycles. The van der Waals surface area contributed by atoms with Crippen molar-refractivity contribution in [2.75, 3.05) is 6.54 Å². The molecule has 20 heavy (non-hydrogen) atoms. The lowest BCUT2D eigenvalue weighted by Crippen LogP contribution is -2.38. The average molecular weight is 290 g/mol. The normalized spacial score (nSPS) is 14.6. The zero-order valence-corrected chi connectivity index (χ0v) is 10.6. The predicted molar refractivity (Wildman–Crippen MR) is 64.8 cm³/mol. The Hall–Kier alpha value is -2.12. The Kier molecular flexibility index (Phi) is 4.36. The highest BCUT2D eigenvalue weighted by Gasteiger charge is 2.45. The third-order valence-electron chi connectivity index (χ3n) is 2.91. The van der Waals surface area contributed by atoms with E-state index in [1.807, 2.05) is 0 Å². The summed E-state index contributed by atoms with van der Waals surface area (Å²) in [5.74, 6) is -0.919. The minimum Gasteiger partial charge on any atom is -0.366 e. The molecule has 0 aliphatic heterocycles. The van der Waals surface area contributed by atoms with Crippen LogP contribution in [0.1, 0.15) is 29.3 Å². The molecule has 110 valence electrons. The monoisotopic (exact) mass is 290 g/mol. The molecule has 0 saturated heterocycles. The molecule has 0 fully saturated rings. The van der Waals surface area contributed by atoms with Gasteiger partial charge in [-0.05, 0) is 18.6 Å². The summed E-state index contributed by atoms with van der Waals surface area (Å²) in [5, 5.41) is 10.7. The number of amides is 1. The molecule has 0 aromatic heterocycles. The molecular formula is C12H13F3N2O3. The molecule has 0 bridgehead atoms. The SMILES string of the molecule is CC(C[N+](=O)[O-])(CC(F)(F)F)c1ccccc1C(N)=O. The van der Waals surface area contributed by atoms with Crippen molar-refractivity contribution in [1.82, 2.24) is 0 Å². The molecule has 1 rings (SSSR count). The van der Waals surface area contributed by atoms with Gasteiger partial charge in [0.2, 0.25) is 12.5 Å². The lowest BCUT2D eigenvalue weighted by atomic mass is 9.77. The van der Waals surface area contributed by atoms with Crippen molar-refractivity contribution in [1.29, 1.82) is 0 Å². The van der Waals surface area contributed by atoms with Gasteiger partial charge in [-0.25, -0.2) is 0 Å². The van der Waals surface area contributed by atoms with Crippen LogP contribution in [-0.2, 0) is 5.41 Å². The van der Waals surface area contributed by atoms with Crippen LogP contribution < -0.4 is 5.73 Å². The van der Waals surface area contributed by atoms with E-state index >= 15 is 0 Å². The first-order valence-electron chi connectivity index (χ1n) is 5.63. The molecule has 1 aromatic carbocycles. The maximum atomic E-state index is 12.7. The van der Waals surface area contributed by atoms with Gasteiger partial charge in [-0.3, -0.25) is 14.9 Å². The van der Waals surface area contributed by atoms with Gasteiger partial charge in [-0.1, -0.05) is 18.2 Å². The molecule has 0 spiro atoms. The summed E-state index contributed by atoms with van der Waals surface area (Å²) in [5.41, 5.74) is 3.06. The van der Waals surface area contributed by atoms with Crippen LogP contribution in [0, 0.1) is 10.1 Å². The molecule has 1 unspecified atom stereocenters. The van der Waals surface area contributed by atoms with Gasteiger partial charge in [0.1, 0.15) is 0 Å². The van der Waals surface area contributed by atoms with Crippen LogP contribution >= 0.6 is 0 Å². The van der Waals surface area contributed by atoms with Gasteiger partial charge in [-0.2, -0.15) is 13.2 Å². The largest absolute Gasteiger partial charge is 0.390 e. The van der Waals surface area contributed by atoms with E-state index in [-0.39, 0.29) is 11.1 Å². The smallest absolute Gasteiger partial charge is 0.366 e. The Bertz CT molecular complexity index is 531. The maximum absolute atomic E-state index is 12.7. The molecule has 0 aliphatic carbocycles. The summed E-state index contributed by atoms with van der Waals surface area (Å²) in [6.45, 7) is 0.155. The number of hydrogen-bond donors (Lipinski definition) is 1. The minimum absolute atomic E-state index is 0.0680. The number of carbonyl (C=O) groups is 1. The molecule has 0 radical (unpaired) electrons. The molecule has 1 atom stereocenters. The third kappa shape index (κ3) is 3.94. The Balaban J connectivity index is 3.37. The number of nitro groups is 1. The van der Waals surface area contributed by atoms with Crippen LogP contribution in [0.3, 0.4) is 0 Å². The van der Waals surface area contributed by atoms with Crippen LogP contribution in [0.2, 0.25) is 0 Å². The van der Waals surface area contributed by atoms with Gasteiger partial charge < -0.3 is 5.73 Å².